The average Bonchev–Trinajstić information content (AvgIpc) is 2.61. The van der Waals surface area contributed by atoms with Crippen LogP contribution in [0, 0.1) is 0 Å². The van der Waals surface area contributed by atoms with Gasteiger partial charge in [-0.2, -0.15) is 0 Å². The molecular weight excluding hydrogens is 274 g/mol. The number of benzene rings is 2. The van der Waals surface area contributed by atoms with E-state index >= 15 is 0 Å². The molecule has 0 fully saturated rings. The minimum atomic E-state index is 0.0715. The Morgan fingerprint density at radius 2 is 1.32 bits per heavy atom. The zero-order valence-electron chi connectivity index (χ0n) is 12.1. The first kappa shape index (κ1) is 14.3. The Morgan fingerprint density at radius 3 is 1.91 bits per heavy atom. The zero-order chi connectivity index (χ0) is 15.2. The fourth-order valence-electron chi connectivity index (χ4n) is 2.19. The van der Waals surface area contributed by atoms with E-state index in [1.165, 1.54) is 0 Å². The molecule has 0 unspecified atom stereocenters. The summed E-state index contributed by atoms with van der Waals surface area (Å²) in [6.45, 7) is 0.606. The van der Waals surface area contributed by atoms with Crippen molar-refractivity contribution in [1.82, 2.24) is 4.98 Å². The summed E-state index contributed by atoms with van der Waals surface area (Å²) in [6, 6.07) is 19.8. The lowest BCUT2D eigenvalue weighted by atomic mass is 10.0. The molecule has 0 aliphatic rings. The number of ether oxygens (including phenoxy) is 1. The van der Waals surface area contributed by atoms with Crippen molar-refractivity contribution in [3.63, 3.8) is 0 Å². The maximum Gasteiger partial charge on any atom is 0.119 e. The first-order chi connectivity index (χ1) is 10.8. The molecule has 0 aliphatic carbocycles. The second-order valence-corrected chi connectivity index (χ2v) is 5.02. The molecule has 3 aromatic rings. The summed E-state index contributed by atoms with van der Waals surface area (Å²) in [5, 5.41) is 9.07. The maximum absolute atomic E-state index is 9.07. The van der Waals surface area contributed by atoms with E-state index in [0.717, 1.165) is 28.0 Å². The molecule has 0 saturated heterocycles. The number of aliphatic hydroxyl groups is 1. The number of hydrogen-bond acceptors (Lipinski definition) is 3. The highest BCUT2D eigenvalue weighted by Crippen LogP contribution is 2.23. The van der Waals surface area contributed by atoms with Gasteiger partial charge in [0.15, 0.2) is 0 Å². The molecule has 1 aromatic heterocycles. The van der Waals surface area contributed by atoms with Crippen LogP contribution in [0.3, 0.4) is 0 Å². The number of aromatic nitrogens is 1. The quantitative estimate of drug-likeness (QED) is 0.777. The SMILES string of the molecule is OCc1ccc(-c2ccc(OCc3ccncc3)cc2)cc1. The van der Waals surface area contributed by atoms with E-state index in [0.29, 0.717) is 6.61 Å². The fourth-order valence-corrected chi connectivity index (χ4v) is 2.19. The number of aliphatic hydroxyl groups excluding tert-OH is 1. The van der Waals surface area contributed by atoms with Gasteiger partial charge in [-0.25, -0.2) is 0 Å². The Balaban J connectivity index is 1.67. The van der Waals surface area contributed by atoms with Gasteiger partial charge in [-0.3, -0.25) is 4.98 Å². The lowest BCUT2D eigenvalue weighted by Crippen LogP contribution is -1.95. The average molecular weight is 291 g/mol. The third-order valence-electron chi connectivity index (χ3n) is 3.48. The van der Waals surface area contributed by atoms with Crippen LogP contribution in [-0.2, 0) is 13.2 Å². The smallest absolute Gasteiger partial charge is 0.119 e. The fraction of sp³-hybridized carbons (Fsp3) is 0.105. The molecule has 0 amide bonds. The minimum Gasteiger partial charge on any atom is -0.489 e. The van der Waals surface area contributed by atoms with E-state index in [1.54, 1.807) is 12.4 Å². The van der Waals surface area contributed by atoms with Gasteiger partial charge in [0.25, 0.3) is 0 Å². The third kappa shape index (κ3) is 3.51. The van der Waals surface area contributed by atoms with Crippen molar-refractivity contribution >= 4 is 0 Å². The van der Waals surface area contributed by atoms with E-state index in [9.17, 15) is 0 Å². The van der Waals surface area contributed by atoms with Crippen LogP contribution in [0.1, 0.15) is 11.1 Å². The highest BCUT2D eigenvalue weighted by atomic mass is 16.5. The van der Waals surface area contributed by atoms with Crippen molar-refractivity contribution in [3.8, 4) is 16.9 Å². The topological polar surface area (TPSA) is 42.4 Å². The summed E-state index contributed by atoms with van der Waals surface area (Å²) in [6.07, 6.45) is 3.52. The van der Waals surface area contributed by atoms with Crippen molar-refractivity contribution in [2.75, 3.05) is 0 Å². The van der Waals surface area contributed by atoms with Gasteiger partial charge in [-0.05, 0) is 46.5 Å². The molecule has 0 spiro atoms. The standard InChI is InChI=1S/C19H17NO2/c21-13-15-1-3-17(4-2-15)18-5-7-19(8-6-18)22-14-16-9-11-20-12-10-16/h1-12,21H,13-14H2. The highest BCUT2D eigenvalue weighted by molar-refractivity contribution is 5.64. The second-order valence-electron chi connectivity index (χ2n) is 5.02. The molecule has 0 aliphatic heterocycles. The molecule has 0 bridgehead atoms. The van der Waals surface area contributed by atoms with E-state index in [-0.39, 0.29) is 6.61 Å². The van der Waals surface area contributed by atoms with Gasteiger partial charge in [-0.15, -0.1) is 0 Å². The van der Waals surface area contributed by atoms with Crippen LogP contribution in [0.15, 0.2) is 73.1 Å². The maximum atomic E-state index is 9.07. The molecule has 3 nitrogen and oxygen atoms in total. The lowest BCUT2D eigenvalue weighted by molar-refractivity contribution is 0.282. The van der Waals surface area contributed by atoms with Gasteiger partial charge >= 0.3 is 0 Å². The third-order valence-corrected chi connectivity index (χ3v) is 3.48. The number of hydrogen-bond donors (Lipinski definition) is 1. The van der Waals surface area contributed by atoms with Crippen LogP contribution in [0.5, 0.6) is 5.75 Å². The Morgan fingerprint density at radius 1 is 0.727 bits per heavy atom. The largest absolute Gasteiger partial charge is 0.489 e. The molecular formula is C19H17NO2. The lowest BCUT2D eigenvalue weighted by Gasteiger charge is -2.08. The predicted molar refractivity (Wildman–Crippen MR) is 86.4 cm³/mol. The van der Waals surface area contributed by atoms with E-state index in [4.69, 9.17) is 9.84 Å². The molecule has 0 atom stereocenters. The first-order valence-electron chi connectivity index (χ1n) is 7.17. The van der Waals surface area contributed by atoms with E-state index < -0.39 is 0 Å². The Bertz CT molecular complexity index is 707. The van der Waals surface area contributed by atoms with Gasteiger partial charge in [0.1, 0.15) is 12.4 Å². The summed E-state index contributed by atoms with van der Waals surface area (Å²) in [5.41, 5.74) is 4.26. The summed E-state index contributed by atoms with van der Waals surface area (Å²) < 4.78 is 5.76. The second kappa shape index (κ2) is 6.87. The van der Waals surface area contributed by atoms with E-state index in [1.807, 2.05) is 60.7 Å². The van der Waals surface area contributed by atoms with Crippen LogP contribution >= 0.6 is 0 Å². The number of pyridine rings is 1. The van der Waals surface area contributed by atoms with E-state index in [2.05, 4.69) is 4.98 Å². The molecule has 110 valence electrons. The first-order valence-corrected chi connectivity index (χ1v) is 7.17. The Kier molecular flexibility index (Phi) is 4.47. The molecule has 0 saturated carbocycles. The van der Waals surface area contributed by atoms with Crippen molar-refractivity contribution in [1.29, 1.82) is 0 Å². The minimum absolute atomic E-state index is 0.0715. The molecule has 3 rings (SSSR count). The van der Waals surface area contributed by atoms with Crippen molar-refractivity contribution in [2.45, 2.75) is 13.2 Å². The van der Waals surface area contributed by atoms with Gasteiger partial charge in [0.2, 0.25) is 0 Å². The van der Waals surface area contributed by atoms with Crippen molar-refractivity contribution in [2.24, 2.45) is 0 Å². The number of rotatable bonds is 5. The van der Waals surface area contributed by atoms with Gasteiger partial charge in [0.05, 0.1) is 6.61 Å². The van der Waals surface area contributed by atoms with Gasteiger partial charge in [0, 0.05) is 12.4 Å². The van der Waals surface area contributed by atoms with Crippen LogP contribution < -0.4 is 4.74 Å². The summed E-state index contributed by atoms with van der Waals surface area (Å²) in [7, 11) is 0. The molecule has 2 aromatic carbocycles. The van der Waals surface area contributed by atoms with Crippen molar-refractivity contribution in [3.05, 3.63) is 84.2 Å². The molecule has 1 N–H and O–H groups in total. The monoisotopic (exact) mass is 291 g/mol. The van der Waals surface area contributed by atoms with Crippen LogP contribution in [-0.4, -0.2) is 10.1 Å². The number of nitrogens with zero attached hydrogens (tertiary/aromatic N) is 1. The molecule has 1 heterocycles. The van der Waals surface area contributed by atoms with Crippen molar-refractivity contribution < 1.29 is 9.84 Å². The summed E-state index contributed by atoms with van der Waals surface area (Å²) in [5.74, 6) is 0.840. The van der Waals surface area contributed by atoms with Gasteiger partial charge < -0.3 is 9.84 Å². The normalized spacial score (nSPS) is 10.4. The van der Waals surface area contributed by atoms with Crippen LogP contribution in [0.2, 0.25) is 0 Å². The van der Waals surface area contributed by atoms with Gasteiger partial charge in [-0.1, -0.05) is 36.4 Å². The van der Waals surface area contributed by atoms with Crippen LogP contribution in [0.4, 0.5) is 0 Å². The molecule has 0 radical (unpaired) electrons. The summed E-state index contributed by atoms with van der Waals surface area (Å²) >= 11 is 0. The summed E-state index contributed by atoms with van der Waals surface area (Å²) in [4.78, 5) is 3.99. The molecule has 3 heteroatoms. The zero-order valence-corrected chi connectivity index (χ0v) is 12.1. The predicted octanol–water partition coefficient (Wildman–Crippen LogP) is 3.82. The Labute approximate surface area is 129 Å². The van der Waals surface area contributed by atoms with Crippen LogP contribution in [0.25, 0.3) is 11.1 Å². The molecule has 22 heavy (non-hydrogen) atoms. The Hall–Kier alpha value is -2.65. The highest BCUT2D eigenvalue weighted by Gasteiger charge is 2.00.